The summed E-state index contributed by atoms with van der Waals surface area (Å²) >= 11 is 0. The minimum atomic E-state index is -0.0409. The zero-order chi connectivity index (χ0) is 45.5. The molecule has 0 bridgehead atoms. The molecule has 0 aliphatic heterocycles. The number of aliphatic imine (C=N–C) groups is 2. The Kier molecular flexibility index (Phi) is 31.1. The molecule has 0 amide bonds. The fourth-order valence-electron chi connectivity index (χ4n) is 5.97. The zero-order valence-electron chi connectivity index (χ0n) is 38.3. The Labute approximate surface area is 405 Å². The summed E-state index contributed by atoms with van der Waals surface area (Å²) in [4.78, 5) is 9.06. The van der Waals surface area contributed by atoms with Gasteiger partial charge in [-0.25, -0.2) is 0 Å². The Morgan fingerprint density at radius 1 is 0.424 bits per heavy atom. The van der Waals surface area contributed by atoms with Crippen LogP contribution in [-0.4, -0.2) is 170 Å². The summed E-state index contributed by atoms with van der Waals surface area (Å²) in [5.41, 5.74) is 4.10. The quantitative estimate of drug-likeness (QED) is 0.0391. The Morgan fingerprint density at radius 3 is 1.08 bits per heavy atom. The van der Waals surface area contributed by atoms with Gasteiger partial charge in [-0.15, -0.1) is 0 Å². The Morgan fingerprint density at radius 2 is 0.742 bits per heavy atom. The van der Waals surface area contributed by atoms with Crippen LogP contribution < -0.4 is 31.4 Å². The van der Waals surface area contributed by atoms with Gasteiger partial charge in [0.15, 0.2) is 23.0 Å². The van der Waals surface area contributed by atoms with Gasteiger partial charge >= 0.3 is 17.1 Å². The Bertz CT molecular complexity index is 1840. The molecule has 0 aliphatic carbocycles. The van der Waals surface area contributed by atoms with Crippen molar-refractivity contribution in [3.05, 3.63) is 83.9 Å². The van der Waals surface area contributed by atoms with Gasteiger partial charge in [-0.05, 0) is 47.5 Å². The maximum atomic E-state index is 11.0. The van der Waals surface area contributed by atoms with Crippen LogP contribution >= 0.6 is 0 Å². The first-order chi connectivity index (χ1) is 31.5. The van der Waals surface area contributed by atoms with Crippen LogP contribution in [0, 0.1) is 0 Å². The number of benzene rings is 4. The van der Waals surface area contributed by atoms with Crippen molar-refractivity contribution in [2.45, 2.75) is 0 Å². The Balaban J connectivity index is 0.00000748. The number of phenolic OH excluding ortho intramolecular Hbond substituents is 2. The minimum Gasteiger partial charge on any atom is -1.00 e. The third kappa shape index (κ3) is 21.0. The van der Waals surface area contributed by atoms with E-state index in [0.29, 0.717) is 153 Å². The molecular formula is C48H64ClMnN2O14+. The minimum absolute atomic E-state index is 0. The van der Waals surface area contributed by atoms with E-state index in [0.717, 1.165) is 22.3 Å². The largest absolute Gasteiger partial charge is 2.00 e. The van der Waals surface area contributed by atoms with Crippen molar-refractivity contribution < 1.29 is 96.5 Å². The molecule has 0 saturated carbocycles. The number of ether oxygens (including phenoxy) is 12. The average Bonchev–Trinajstić information content (AvgIpc) is 3.32. The molecule has 0 aliphatic rings. The van der Waals surface area contributed by atoms with Crippen molar-refractivity contribution in [2.75, 3.05) is 147 Å². The fraction of sp³-hybridized carbons (Fsp3) is 0.458. The van der Waals surface area contributed by atoms with Gasteiger partial charge in [-0.3, -0.25) is 9.98 Å². The van der Waals surface area contributed by atoms with Gasteiger partial charge in [0.1, 0.15) is 24.7 Å². The van der Waals surface area contributed by atoms with Crippen molar-refractivity contribution in [2.24, 2.45) is 9.98 Å². The van der Waals surface area contributed by atoms with Crippen LogP contribution in [0.5, 0.6) is 34.5 Å². The molecule has 4 aromatic rings. The van der Waals surface area contributed by atoms with E-state index in [2.05, 4.69) is 9.98 Å². The Hall–Kier alpha value is -4.49. The van der Waals surface area contributed by atoms with Crippen LogP contribution in [0.15, 0.2) is 82.8 Å². The van der Waals surface area contributed by atoms with E-state index in [1.807, 2.05) is 60.7 Å². The molecule has 0 spiro atoms. The van der Waals surface area contributed by atoms with E-state index in [9.17, 15) is 10.2 Å². The van der Waals surface area contributed by atoms with Crippen LogP contribution in [0.2, 0.25) is 0 Å². The molecule has 0 saturated heterocycles. The van der Waals surface area contributed by atoms with Crippen LogP contribution in [-0.2, 0) is 55.0 Å². The standard InChI is InChI=1S/C48H64N2O14.ClH.Mn/c1-53-15-17-57-19-21-59-23-25-61-27-29-63-43-11-7-5-9-41(43)37-31-39(47(51)45(33-37)55-3)35-49-13-14-50-36-40-32-38(34-46(56-4)48(40)52)42-10-6-8-12-44(42)64-30-28-62-26-24-60-22-20-58-18-16-54-2;;/h5-12,31-36,51-52H,13-30H2,1-4H3;1H;/q;;+2/p-1. The number of rotatable bonds is 35. The molecule has 0 atom stereocenters. The van der Waals surface area contributed by atoms with Gasteiger partial charge in [-0.2, -0.15) is 0 Å². The molecule has 363 valence electrons. The van der Waals surface area contributed by atoms with Crippen molar-refractivity contribution in [1.29, 1.82) is 0 Å². The second-order valence-electron chi connectivity index (χ2n) is 13.7. The number of hydrogen-bond donors (Lipinski definition) is 2. The molecule has 0 heterocycles. The molecule has 66 heavy (non-hydrogen) atoms. The van der Waals surface area contributed by atoms with Gasteiger partial charge in [-0.1, -0.05) is 36.4 Å². The molecule has 4 aromatic carbocycles. The summed E-state index contributed by atoms with van der Waals surface area (Å²) in [5, 5.41) is 22.0. The first-order valence-corrected chi connectivity index (χ1v) is 21.2. The molecule has 18 heteroatoms. The predicted octanol–water partition coefficient (Wildman–Crippen LogP) is 3.14. The maximum absolute atomic E-state index is 11.0. The molecule has 16 nitrogen and oxygen atoms in total. The summed E-state index contributed by atoms with van der Waals surface area (Å²) in [6.07, 6.45) is 3.17. The van der Waals surface area contributed by atoms with Crippen molar-refractivity contribution >= 4 is 12.4 Å². The third-order valence-corrected chi connectivity index (χ3v) is 9.19. The second-order valence-corrected chi connectivity index (χ2v) is 13.7. The van der Waals surface area contributed by atoms with Crippen molar-refractivity contribution in [3.63, 3.8) is 0 Å². The van der Waals surface area contributed by atoms with Gasteiger partial charge in [0.05, 0.1) is 120 Å². The second kappa shape index (κ2) is 35.7. The maximum Gasteiger partial charge on any atom is 2.00 e. The molecule has 1 radical (unpaired) electrons. The number of para-hydroxylation sites is 2. The summed E-state index contributed by atoms with van der Waals surface area (Å²) in [6.45, 7) is 8.00. The van der Waals surface area contributed by atoms with Gasteiger partial charge in [0.2, 0.25) is 0 Å². The normalized spacial score (nSPS) is 11.2. The first-order valence-electron chi connectivity index (χ1n) is 21.2. The first kappa shape index (κ1) is 57.6. The number of nitrogens with zero attached hydrogens (tertiary/aromatic N) is 2. The number of aromatic hydroxyl groups is 2. The molecule has 2 N–H and O–H groups in total. The van der Waals surface area contributed by atoms with Crippen molar-refractivity contribution in [1.82, 2.24) is 0 Å². The van der Waals surface area contributed by atoms with Crippen LogP contribution in [0.1, 0.15) is 11.1 Å². The van der Waals surface area contributed by atoms with E-state index < -0.39 is 0 Å². The van der Waals surface area contributed by atoms with E-state index in [1.54, 1.807) is 38.8 Å². The van der Waals surface area contributed by atoms with Crippen molar-refractivity contribution in [3.8, 4) is 56.8 Å². The summed E-state index contributed by atoms with van der Waals surface area (Å²) in [7, 11) is 6.26. The van der Waals surface area contributed by atoms with E-state index >= 15 is 0 Å². The molecule has 0 unspecified atom stereocenters. The van der Waals surface area contributed by atoms with Crippen LogP contribution in [0.3, 0.4) is 0 Å². The number of hydrogen-bond acceptors (Lipinski definition) is 16. The third-order valence-electron chi connectivity index (χ3n) is 9.19. The number of halogens is 1. The SMILES string of the molecule is COCCOCCOCCOCCOc1ccccc1-c1cc(C=NCCN=Cc2cc(-c3ccccc3OCCOCCOCCOCCOC)cc(OC)c2O)c(O)c(OC)c1.[Cl-].[Mn+2]. The summed E-state index contributed by atoms with van der Waals surface area (Å²) in [5.74, 6) is 1.81. The molecular weight excluding hydrogens is 919 g/mol. The smallest absolute Gasteiger partial charge is 1.00 e. The predicted molar refractivity (Wildman–Crippen MR) is 245 cm³/mol. The van der Waals surface area contributed by atoms with Gasteiger partial charge in [0.25, 0.3) is 0 Å². The average molecular weight is 983 g/mol. The van der Waals surface area contributed by atoms with Crippen LogP contribution in [0.4, 0.5) is 0 Å². The van der Waals surface area contributed by atoms with E-state index in [1.165, 1.54) is 14.2 Å². The van der Waals surface area contributed by atoms with E-state index in [-0.39, 0.29) is 41.0 Å². The van der Waals surface area contributed by atoms with Gasteiger partial charge < -0.3 is 79.5 Å². The number of phenols is 2. The summed E-state index contributed by atoms with van der Waals surface area (Å²) < 4.78 is 66.2. The fourth-order valence-corrected chi connectivity index (χ4v) is 5.97. The molecule has 0 fully saturated rings. The van der Waals surface area contributed by atoms with Crippen LogP contribution in [0.25, 0.3) is 22.3 Å². The topological polar surface area (TPSA) is 176 Å². The molecule has 0 aromatic heterocycles. The summed E-state index contributed by atoms with van der Waals surface area (Å²) in [6, 6.07) is 22.4. The number of methoxy groups -OCH3 is 4. The zero-order valence-corrected chi connectivity index (χ0v) is 40.2. The molecule has 4 rings (SSSR count). The van der Waals surface area contributed by atoms with Gasteiger partial charge in [0, 0.05) is 48.9 Å². The van der Waals surface area contributed by atoms with E-state index in [4.69, 9.17) is 56.8 Å². The monoisotopic (exact) mass is 982 g/mol.